The van der Waals surface area contributed by atoms with Crippen LogP contribution in [-0.4, -0.2) is 61.1 Å². The summed E-state index contributed by atoms with van der Waals surface area (Å²) in [6.45, 7) is 1.77. The van der Waals surface area contributed by atoms with Gasteiger partial charge in [-0.3, -0.25) is 14.4 Å². The first kappa shape index (κ1) is 17.9. The number of hydrogen-bond donors (Lipinski definition) is 1. The van der Waals surface area contributed by atoms with Crippen molar-refractivity contribution in [2.24, 2.45) is 5.41 Å². The Bertz CT molecular complexity index is 644. The number of rotatable bonds is 7. The highest BCUT2D eigenvalue weighted by Gasteiger charge is 2.46. The number of nitrogens with zero attached hydrogens (tertiary/aromatic N) is 1. The first-order valence-corrected chi connectivity index (χ1v) is 7.62. The van der Waals surface area contributed by atoms with Gasteiger partial charge in [-0.1, -0.05) is 12.1 Å². The number of aliphatic carboxylic acids is 1. The third-order valence-corrected chi connectivity index (χ3v) is 4.18. The molecule has 1 heterocycles. The van der Waals surface area contributed by atoms with Gasteiger partial charge >= 0.3 is 5.97 Å². The molecule has 7 heteroatoms. The van der Waals surface area contributed by atoms with E-state index in [1.54, 1.807) is 24.3 Å². The second-order valence-electron chi connectivity index (χ2n) is 5.96. The van der Waals surface area contributed by atoms with Gasteiger partial charge in [0, 0.05) is 25.8 Å². The molecule has 1 amide bonds. The van der Waals surface area contributed by atoms with Crippen LogP contribution in [0.4, 0.5) is 0 Å². The van der Waals surface area contributed by atoms with Gasteiger partial charge in [0.1, 0.15) is 11.2 Å². The average Bonchev–Trinajstić information content (AvgIpc) is 2.99. The fraction of sp³-hybridized carbons (Fsp3) is 0.471. The van der Waals surface area contributed by atoms with Gasteiger partial charge in [-0.25, -0.2) is 0 Å². The molecular formula is C17H21NO6. The van der Waals surface area contributed by atoms with E-state index in [0.29, 0.717) is 24.3 Å². The predicted octanol–water partition coefficient (Wildman–Crippen LogP) is 1.22. The molecule has 1 atom stereocenters. The highest BCUT2D eigenvalue weighted by Crippen LogP contribution is 2.31. The maximum Gasteiger partial charge on any atom is 0.313 e. The Labute approximate surface area is 140 Å². The fourth-order valence-electron chi connectivity index (χ4n) is 2.76. The normalized spacial score (nSPS) is 20.0. The van der Waals surface area contributed by atoms with Crippen LogP contribution in [0.5, 0.6) is 5.75 Å². The molecule has 1 aliphatic rings. The molecule has 1 aromatic carbocycles. The van der Waals surface area contributed by atoms with Gasteiger partial charge in [0.25, 0.3) is 5.91 Å². The number of benzene rings is 1. The van der Waals surface area contributed by atoms with Crippen LogP contribution in [0.2, 0.25) is 0 Å². The van der Waals surface area contributed by atoms with E-state index in [-0.39, 0.29) is 31.4 Å². The maximum atomic E-state index is 12.3. The summed E-state index contributed by atoms with van der Waals surface area (Å²) < 4.78 is 10.4. The maximum absolute atomic E-state index is 12.3. The number of carbonyl (C=O) groups is 3. The van der Waals surface area contributed by atoms with Crippen LogP contribution < -0.4 is 4.74 Å². The summed E-state index contributed by atoms with van der Waals surface area (Å²) in [7, 11) is 1.44. The minimum Gasteiger partial charge on any atom is -0.484 e. The number of ketones is 1. The monoisotopic (exact) mass is 335 g/mol. The largest absolute Gasteiger partial charge is 0.484 e. The third-order valence-electron chi connectivity index (χ3n) is 4.18. The van der Waals surface area contributed by atoms with Crippen molar-refractivity contribution in [3.05, 3.63) is 29.8 Å². The first-order valence-electron chi connectivity index (χ1n) is 7.62. The Kier molecular flexibility index (Phi) is 5.56. The van der Waals surface area contributed by atoms with Gasteiger partial charge in [-0.05, 0) is 25.5 Å². The summed E-state index contributed by atoms with van der Waals surface area (Å²) in [5.74, 6) is -0.911. The number of carboxylic acid groups (broad SMARTS) is 1. The zero-order chi connectivity index (χ0) is 17.7. The van der Waals surface area contributed by atoms with Crippen LogP contribution in [-0.2, 0) is 14.3 Å². The van der Waals surface area contributed by atoms with Crippen LogP contribution in [0.1, 0.15) is 23.7 Å². The number of carbonyl (C=O) groups excluding carboxylic acids is 2. The van der Waals surface area contributed by atoms with E-state index in [0.717, 1.165) is 0 Å². The summed E-state index contributed by atoms with van der Waals surface area (Å²) in [4.78, 5) is 36.6. The Morgan fingerprint density at radius 1 is 1.33 bits per heavy atom. The molecule has 0 spiro atoms. The molecule has 1 aromatic rings. The molecule has 0 bridgehead atoms. The van der Waals surface area contributed by atoms with Crippen molar-refractivity contribution in [3.63, 3.8) is 0 Å². The molecule has 130 valence electrons. The minimum atomic E-state index is -1.06. The van der Waals surface area contributed by atoms with Crippen LogP contribution in [0, 0.1) is 5.41 Å². The molecule has 1 N–H and O–H groups in total. The molecule has 1 unspecified atom stereocenters. The summed E-state index contributed by atoms with van der Waals surface area (Å²) in [5, 5.41) is 9.40. The first-order chi connectivity index (χ1) is 11.4. The lowest BCUT2D eigenvalue weighted by Crippen LogP contribution is -2.41. The van der Waals surface area contributed by atoms with E-state index in [4.69, 9.17) is 9.47 Å². The van der Waals surface area contributed by atoms with E-state index >= 15 is 0 Å². The predicted molar refractivity (Wildman–Crippen MR) is 85.1 cm³/mol. The third kappa shape index (κ3) is 3.91. The van der Waals surface area contributed by atoms with Gasteiger partial charge in [-0.15, -0.1) is 0 Å². The van der Waals surface area contributed by atoms with Gasteiger partial charge in [0.2, 0.25) is 0 Å². The quantitative estimate of drug-likeness (QED) is 0.753. The second kappa shape index (κ2) is 7.44. The molecule has 0 saturated carbocycles. The van der Waals surface area contributed by atoms with E-state index in [9.17, 15) is 19.5 Å². The Morgan fingerprint density at radius 3 is 2.71 bits per heavy atom. The zero-order valence-corrected chi connectivity index (χ0v) is 13.8. The molecule has 1 fully saturated rings. The van der Waals surface area contributed by atoms with E-state index < -0.39 is 11.4 Å². The van der Waals surface area contributed by atoms with Gasteiger partial charge in [-0.2, -0.15) is 0 Å². The van der Waals surface area contributed by atoms with Crippen molar-refractivity contribution in [2.75, 3.05) is 33.4 Å². The van der Waals surface area contributed by atoms with Crippen molar-refractivity contribution in [3.8, 4) is 5.75 Å². The molecule has 0 aromatic heterocycles. The van der Waals surface area contributed by atoms with Crippen LogP contribution in [0.25, 0.3) is 0 Å². The Hall–Kier alpha value is -2.41. The lowest BCUT2D eigenvalue weighted by Gasteiger charge is -2.23. The second-order valence-corrected chi connectivity index (χ2v) is 5.96. The number of likely N-dealkylation sites (tertiary alicyclic amines) is 1. The van der Waals surface area contributed by atoms with Crippen molar-refractivity contribution in [1.29, 1.82) is 0 Å². The number of ether oxygens (including phenoxy) is 2. The van der Waals surface area contributed by atoms with E-state index in [1.807, 2.05) is 0 Å². The number of amides is 1. The fourth-order valence-corrected chi connectivity index (χ4v) is 2.76. The van der Waals surface area contributed by atoms with Crippen molar-refractivity contribution < 1.29 is 29.0 Å². The summed E-state index contributed by atoms with van der Waals surface area (Å²) in [6.07, 6.45) is 0.349. The molecule has 7 nitrogen and oxygen atoms in total. The molecular weight excluding hydrogens is 314 g/mol. The Balaban J connectivity index is 1.95. The molecule has 1 aliphatic heterocycles. The molecule has 2 rings (SSSR count). The highest BCUT2D eigenvalue weighted by atomic mass is 16.5. The van der Waals surface area contributed by atoms with Crippen LogP contribution in [0.3, 0.4) is 0 Å². The molecule has 1 saturated heterocycles. The smallest absolute Gasteiger partial charge is 0.313 e. The number of carboxylic acids is 1. The standard InChI is InChI=1S/C17H21NO6/c1-12(19)13-4-3-5-14(8-13)24-9-15(20)18-7-6-17(10-18,11-23-2)16(21)22/h3-5,8H,6-7,9-11H2,1-2H3,(H,21,22). The minimum absolute atomic E-state index is 0.0631. The Morgan fingerprint density at radius 2 is 2.08 bits per heavy atom. The van der Waals surface area contributed by atoms with E-state index in [1.165, 1.54) is 18.9 Å². The lowest BCUT2D eigenvalue weighted by molar-refractivity contribution is -0.151. The molecule has 0 aliphatic carbocycles. The van der Waals surface area contributed by atoms with Crippen LogP contribution >= 0.6 is 0 Å². The number of hydrogen-bond acceptors (Lipinski definition) is 5. The summed E-state index contributed by atoms with van der Waals surface area (Å²) in [5.41, 5.74) is -0.551. The van der Waals surface area contributed by atoms with E-state index in [2.05, 4.69) is 0 Å². The van der Waals surface area contributed by atoms with Gasteiger partial charge < -0.3 is 19.5 Å². The lowest BCUT2D eigenvalue weighted by atomic mass is 9.88. The zero-order valence-electron chi connectivity index (χ0n) is 13.8. The van der Waals surface area contributed by atoms with Crippen molar-refractivity contribution in [1.82, 2.24) is 4.90 Å². The molecule has 0 radical (unpaired) electrons. The SMILES string of the molecule is COCC1(C(=O)O)CCN(C(=O)COc2cccc(C(C)=O)c2)C1. The summed E-state index contributed by atoms with van der Waals surface area (Å²) >= 11 is 0. The van der Waals surface area contributed by atoms with Crippen LogP contribution in [0.15, 0.2) is 24.3 Å². The van der Waals surface area contributed by atoms with Crippen molar-refractivity contribution in [2.45, 2.75) is 13.3 Å². The topological polar surface area (TPSA) is 93.1 Å². The highest BCUT2D eigenvalue weighted by molar-refractivity contribution is 5.94. The van der Waals surface area contributed by atoms with Gasteiger partial charge in [0.15, 0.2) is 12.4 Å². The average molecular weight is 335 g/mol. The number of Topliss-reactive ketones (excluding diaryl/α,β-unsaturated/α-hetero) is 1. The summed E-state index contributed by atoms with van der Waals surface area (Å²) in [6, 6.07) is 6.59. The van der Waals surface area contributed by atoms with Crippen molar-refractivity contribution >= 4 is 17.7 Å². The van der Waals surface area contributed by atoms with Gasteiger partial charge in [0.05, 0.1) is 6.61 Å². The number of methoxy groups -OCH3 is 1. The molecule has 24 heavy (non-hydrogen) atoms.